The van der Waals surface area contributed by atoms with Gasteiger partial charge in [0.15, 0.2) is 0 Å². The molecule has 0 aliphatic rings. The zero-order valence-electron chi connectivity index (χ0n) is 17.2. The molecule has 0 fully saturated rings. The van der Waals surface area contributed by atoms with E-state index in [4.69, 9.17) is 11.6 Å². The van der Waals surface area contributed by atoms with E-state index in [1.54, 1.807) is 17.5 Å². The number of carbonyl (C=O) groups is 3. The standard InChI is InChI=1S/C21H17ClN2O7S2/c1-30-20(26)12-8-13(21(27)31-2)10-14(9-12)24-33(28,29)15-5-6-16(22)17(11-15)23-19(25)18-4-3-7-32-18/h3-11,24H,1-2H3,(H,23,25). The van der Waals surface area contributed by atoms with Gasteiger partial charge in [0.05, 0.1) is 51.5 Å². The molecule has 0 aliphatic heterocycles. The van der Waals surface area contributed by atoms with Crippen LogP contribution in [0.15, 0.2) is 58.8 Å². The summed E-state index contributed by atoms with van der Waals surface area (Å²) < 4.78 is 37.6. The number of thiophene rings is 1. The van der Waals surface area contributed by atoms with Crippen LogP contribution in [0.1, 0.15) is 30.4 Å². The van der Waals surface area contributed by atoms with Crippen LogP contribution >= 0.6 is 22.9 Å². The molecule has 1 aromatic heterocycles. The highest BCUT2D eigenvalue weighted by Crippen LogP contribution is 2.28. The molecule has 0 aliphatic carbocycles. The highest BCUT2D eigenvalue weighted by molar-refractivity contribution is 7.92. The summed E-state index contributed by atoms with van der Waals surface area (Å²) in [4.78, 5) is 36.4. The molecule has 1 amide bonds. The summed E-state index contributed by atoms with van der Waals surface area (Å²) in [5, 5.41) is 4.44. The van der Waals surface area contributed by atoms with Gasteiger partial charge in [0, 0.05) is 0 Å². The number of halogens is 1. The summed E-state index contributed by atoms with van der Waals surface area (Å²) in [5.41, 5.74) is -0.0925. The fourth-order valence-electron chi connectivity index (χ4n) is 2.73. The van der Waals surface area contributed by atoms with Crippen molar-refractivity contribution in [3.8, 4) is 0 Å². The lowest BCUT2D eigenvalue weighted by Gasteiger charge is -2.13. The molecule has 2 N–H and O–H groups in total. The van der Waals surface area contributed by atoms with Crippen LogP contribution in [-0.2, 0) is 19.5 Å². The highest BCUT2D eigenvalue weighted by Gasteiger charge is 2.20. The maximum Gasteiger partial charge on any atom is 0.337 e. The summed E-state index contributed by atoms with van der Waals surface area (Å²) in [6.07, 6.45) is 0. The third-order valence-electron chi connectivity index (χ3n) is 4.27. The van der Waals surface area contributed by atoms with Gasteiger partial charge in [-0.2, -0.15) is 0 Å². The van der Waals surface area contributed by atoms with Crippen LogP contribution in [0.5, 0.6) is 0 Å². The van der Waals surface area contributed by atoms with Crippen LogP contribution in [0.25, 0.3) is 0 Å². The quantitative estimate of drug-likeness (QED) is 0.461. The van der Waals surface area contributed by atoms with Crippen molar-refractivity contribution in [2.45, 2.75) is 4.90 Å². The molecule has 9 nitrogen and oxygen atoms in total. The van der Waals surface area contributed by atoms with Crippen molar-refractivity contribution < 1.29 is 32.3 Å². The first-order valence-corrected chi connectivity index (χ1v) is 11.9. The Bertz CT molecular complexity index is 1290. The Morgan fingerprint density at radius 1 is 0.939 bits per heavy atom. The van der Waals surface area contributed by atoms with Gasteiger partial charge in [0.25, 0.3) is 15.9 Å². The molecule has 33 heavy (non-hydrogen) atoms. The van der Waals surface area contributed by atoms with E-state index >= 15 is 0 Å². The van der Waals surface area contributed by atoms with Crippen LogP contribution < -0.4 is 10.0 Å². The van der Waals surface area contributed by atoms with Crippen molar-refractivity contribution in [2.24, 2.45) is 0 Å². The zero-order chi connectivity index (χ0) is 24.2. The summed E-state index contributed by atoms with van der Waals surface area (Å²) in [6, 6.07) is 10.7. The molecule has 0 saturated carbocycles. The third-order valence-corrected chi connectivity index (χ3v) is 6.85. The second-order valence-electron chi connectivity index (χ2n) is 6.46. The average molecular weight is 509 g/mol. The number of amides is 1. The molecular formula is C21H17ClN2O7S2. The van der Waals surface area contributed by atoms with Gasteiger partial charge >= 0.3 is 11.9 Å². The number of anilines is 2. The normalized spacial score (nSPS) is 10.9. The lowest BCUT2D eigenvalue weighted by molar-refractivity contribution is 0.0599. The molecule has 3 aromatic rings. The molecule has 12 heteroatoms. The Morgan fingerprint density at radius 2 is 1.58 bits per heavy atom. The van der Waals surface area contributed by atoms with Crippen LogP contribution in [0.3, 0.4) is 0 Å². The van der Waals surface area contributed by atoms with E-state index in [9.17, 15) is 22.8 Å². The SMILES string of the molecule is COC(=O)c1cc(NS(=O)(=O)c2ccc(Cl)c(NC(=O)c3cccs3)c2)cc(C(=O)OC)c1. The molecule has 2 aromatic carbocycles. The first kappa shape index (κ1) is 24.2. The van der Waals surface area contributed by atoms with E-state index in [0.29, 0.717) is 4.88 Å². The number of nitrogens with one attached hydrogen (secondary N) is 2. The lowest BCUT2D eigenvalue weighted by atomic mass is 10.1. The Kier molecular flexibility index (Phi) is 7.36. The number of methoxy groups -OCH3 is 2. The van der Waals surface area contributed by atoms with E-state index in [1.807, 2.05) is 0 Å². The molecule has 0 atom stereocenters. The number of ether oxygens (including phenoxy) is 2. The van der Waals surface area contributed by atoms with Crippen molar-refractivity contribution in [3.63, 3.8) is 0 Å². The molecule has 0 radical (unpaired) electrons. The van der Waals surface area contributed by atoms with Gasteiger partial charge in [0.1, 0.15) is 0 Å². The van der Waals surface area contributed by atoms with E-state index in [1.165, 1.54) is 47.7 Å². The Morgan fingerprint density at radius 3 is 2.12 bits per heavy atom. The number of hydrogen-bond acceptors (Lipinski definition) is 8. The number of esters is 2. The van der Waals surface area contributed by atoms with Crippen molar-refractivity contribution in [1.82, 2.24) is 0 Å². The van der Waals surface area contributed by atoms with Crippen LogP contribution in [0.4, 0.5) is 11.4 Å². The fourth-order valence-corrected chi connectivity index (χ4v) is 4.58. The number of sulfonamides is 1. The fraction of sp³-hybridized carbons (Fsp3) is 0.0952. The lowest BCUT2D eigenvalue weighted by Crippen LogP contribution is -2.16. The van der Waals surface area contributed by atoms with Gasteiger partial charge < -0.3 is 14.8 Å². The summed E-state index contributed by atoms with van der Waals surface area (Å²) in [5.74, 6) is -1.99. The van der Waals surface area contributed by atoms with Gasteiger partial charge in [-0.3, -0.25) is 9.52 Å². The maximum atomic E-state index is 13.0. The smallest absolute Gasteiger partial charge is 0.337 e. The highest BCUT2D eigenvalue weighted by atomic mass is 35.5. The monoisotopic (exact) mass is 508 g/mol. The predicted octanol–water partition coefficient (Wildman–Crippen LogP) is 4.03. The molecule has 0 saturated heterocycles. The van der Waals surface area contributed by atoms with Crippen LogP contribution in [0, 0.1) is 0 Å². The van der Waals surface area contributed by atoms with Gasteiger partial charge in [-0.15, -0.1) is 11.3 Å². The van der Waals surface area contributed by atoms with Crippen LogP contribution in [-0.4, -0.2) is 40.5 Å². The number of benzene rings is 2. The molecule has 0 spiro atoms. The topological polar surface area (TPSA) is 128 Å². The van der Waals surface area contributed by atoms with Crippen LogP contribution in [0.2, 0.25) is 5.02 Å². The van der Waals surface area contributed by atoms with Crippen molar-refractivity contribution in [2.75, 3.05) is 24.3 Å². The second kappa shape index (κ2) is 10.0. The van der Waals surface area contributed by atoms with E-state index in [2.05, 4.69) is 19.5 Å². The Labute approximate surface area is 198 Å². The largest absolute Gasteiger partial charge is 0.465 e. The molecule has 0 bridgehead atoms. The van der Waals surface area contributed by atoms with E-state index in [-0.39, 0.29) is 32.4 Å². The molecular weight excluding hydrogens is 492 g/mol. The summed E-state index contributed by atoms with van der Waals surface area (Å²) in [7, 11) is -1.90. The Balaban J connectivity index is 1.94. The van der Waals surface area contributed by atoms with Gasteiger partial charge in [0.2, 0.25) is 0 Å². The molecule has 172 valence electrons. The summed E-state index contributed by atoms with van der Waals surface area (Å²) in [6.45, 7) is 0. The summed E-state index contributed by atoms with van der Waals surface area (Å²) >= 11 is 7.34. The zero-order valence-corrected chi connectivity index (χ0v) is 19.6. The van der Waals surface area contributed by atoms with Gasteiger partial charge in [-0.25, -0.2) is 18.0 Å². The predicted molar refractivity (Wildman–Crippen MR) is 124 cm³/mol. The number of rotatable bonds is 7. The third kappa shape index (κ3) is 5.69. The molecule has 3 rings (SSSR count). The molecule has 1 heterocycles. The van der Waals surface area contributed by atoms with E-state index in [0.717, 1.165) is 14.2 Å². The molecule has 0 unspecified atom stereocenters. The number of carbonyl (C=O) groups excluding carboxylic acids is 3. The number of hydrogen-bond donors (Lipinski definition) is 2. The minimum absolute atomic E-state index is 0.0573. The van der Waals surface area contributed by atoms with E-state index < -0.39 is 27.9 Å². The van der Waals surface area contributed by atoms with Crippen molar-refractivity contribution in [3.05, 3.63) is 74.9 Å². The van der Waals surface area contributed by atoms with Gasteiger partial charge in [-0.05, 0) is 47.8 Å². The minimum Gasteiger partial charge on any atom is -0.465 e. The van der Waals surface area contributed by atoms with Gasteiger partial charge in [-0.1, -0.05) is 17.7 Å². The maximum absolute atomic E-state index is 13.0. The first-order chi connectivity index (χ1) is 15.6. The first-order valence-electron chi connectivity index (χ1n) is 9.13. The Hall–Kier alpha value is -3.41. The second-order valence-corrected chi connectivity index (χ2v) is 9.50. The minimum atomic E-state index is -4.20. The van der Waals surface area contributed by atoms with Crippen molar-refractivity contribution in [1.29, 1.82) is 0 Å². The van der Waals surface area contributed by atoms with Crippen molar-refractivity contribution >= 4 is 62.2 Å². The average Bonchev–Trinajstić information content (AvgIpc) is 3.34.